The molecule has 282 valence electrons. The molecule has 1 aliphatic rings. The Balaban J connectivity index is 0.00000441. The van der Waals surface area contributed by atoms with Crippen LogP contribution in [0.2, 0.25) is 0 Å². The first-order valence-electron chi connectivity index (χ1n) is 18.6. The van der Waals surface area contributed by atoms with Gasteiger partial charge in [-0.15, -0.1) is 48.1 Å². The topological polar surface area (TPSA) is 59.3 Å². The van der Waals surface area contributed by atoms with Crippen molar-refractivity contribution < 1.29 is 25.8 Å². The molecular formula is C48H41N6OPt-3. The van der Waals surface area contributed by atoms with Crippen LogP contribution in [-0.2, 0) is 31.9 Å². The summed E-state index contributed by atoms with van der Waals surface area (Å²) in [4.78, 5) is 18.5. The minimum Gasteiger partial charge on any atom is -0.509 e. The normalized spacial score (nSPS) is 12.9. The fraction of sp³-hybridized carbons (Fsp3) is 0.167. The SMILES string of the molecule is CC(C)(C)c1ccnc(-n2c3[c-]c(Oc4[c-]c(N5[CH-]N(c6cc(C(C)(C)C)ccc6-c6ncccn6)c6ccccc65)ccc4)ccc3c3ccccc32)c1.[Pt]. The Hall–Kier alpha value is -5.78. The summed E-state index contributed by atoms with van der Waals surface area (Å²) >= 11 is 0. The van der Waals surface area contributed by atoms with E-state index in [1.165, 1.54) is 11.1 Å². The fourth-order valence-corrected chi connectivity index (χ4v) is 7.25. The fourth-order valence-electron chi connectivity index (χ4n) is 7.25. The van der Waals surface area contributed by atoms with Crippen LogP contribution in [0.5, 0.6) is 11.5 Å². The molecule has 0 unspecified atom stereocenters. The van der Waals surface area contributed by atoms with E-state index in [0.29, 0.717) is 17.3 Å². The summed E-state index contributed by atoms with van der Waals surface area (Å²) in [7, 11) is 0. The van der Waals surface area contributed by atoms with Crippen LogP contribution < -0.4 is 14.5 Å². The summed E-state index contributed by atoms with van der Waals surface area (Å²) in [5.41, 5.74) is 9.21. The third-order valence-corrected chi connectivity index (χ3v) is 10.2. The van der Waals surface area contributed by atoms with Crippen molar-refractivity contribution in [1.82, 2.24) is 19.5 Å². The number of fused-ring (bicyclic) bond motifs is 4. The maximum absolute atomic E-state index is 6.57. The van der Waals surface area contributed by atoms with Crippen LogP contribution >= 0.6 is 0 Å². The van der Waals surface area contributed by atoms with Gasteiger partial charge in [0.05, 0.1) is 0 Å². The van der Waals surface area contributed by atoms with Gasteiger partial charge in [-0.05, 0) is 75.9 Å². The minimum absolute atomic E-state index is 0. The Bertz CT molecular complexity index is 2710. The van der Waals surface area contributed by atoms with E-state index in [-0.39, 0.29) is 31.9 Å². The quantitative estimate of drug-likeness (QED) is 0.155. The average Bonchev–Trinajstić information content (AvgIpc) is 3.74. The van der Waals surface area contributed by atoms with Crippen LogP contribution in [0.3, 0.4) is 0 Å². The van der Waals surface area contributed by atoms with Gasteiger partial charge < -0.3 is 19.1 Å². The number of rotatable bonds is 6. The van der Waals surface area contributed by atoms with Crippen molar-refractivity contribution in [2.75, 3.05) is 9.80 Å². The second-order valence-corrected chi connectivity index (χ2v) is 16.0. The van der Waals surface area contributed by atoms with E-state index >= 15 is 0 Å². The van der Waals surface area contributed by atoms with E-state index in [1.807, 2.05) is 30.5 Å². The maximum Gasteiger partial charge on any atom is 0.161 e. The third-order valence-electron chi connectivity index (χ3n) is 10.2. The van der Waals surface area contributed by atoms with E-state index in [9.17, 15) is 0 Å². The first-order valence-corrected chi connectivity index (χ1v) is 18.6. The van der Waals surface area contributed by atoms with Gasteiger partial charge in [0.15, 0.2) is 5.82 Å². The van der Waals surface area contributed by atoms with E-state index in [1.54, 1.807) is 12.4 Å². The molecule has 0 spiro atoms. The number of hydrogen-bond donors (Lipinski definition) is 0. The predicted molar refractivity (Wildman–Crippen MR) is 223 cm³/mol. The summed E-state index contributed by atoms with van der Waals surface area (Å²) in [5, 5.41) is 2.22. The molecule has 0 radical (unpaired) electrons. The van der Waals surface area contributed by atoms with E-state index < -0.39 is 0 Å². The van der Waals surface area contributed by atoms with Gasteiger partial charge in [0.1, 0.15) is 5.82 Å². The molecule has 8 heteroatoms. The molecule has 7 nitrogen and oxygen atoms in total. The number of para-hydroxylation sites is 3. The molecule has 0 amide bonds. The van der Waals surface area contributed by atoms with Crippen LogP contribution in [-0.4, -0.2) is 19.5 Å². The summed E-state index contributed by atoms with van der Waals surface area (Å²) in [6.07, 6.45) is 5.46. The molecule has 3 aromatic heterocycles. The number of pyridine rings is 1. The first kappa shape index (κ1) is 37.2. The molecule has 0 aliphatic carbocycles. The van der Waals surface area contributed by atoms with Crippen LogP contribution in [0.4, 0.5) is 22.7 Å². The van der Waals surface area contributed by atoms with Crippen LogP contribution in [0.15, 0.2) is 134 Å². The number of ether oxygens (including phenoxy) is 1. The standard InChI is InChI=1S/C48H41N6O.Pt/c1-47(2,3)32-19-21-39(46-50-24-12-25-51-46)43(27-32)53-31-52(41-17-9-10-18-42(41)53)34-13-11-14-35(29-34)55-36-20-22-38-37-15-7-8-16-40(37)54(44(38)30-36)45-28-33(23-26-49-45)48(4,5)6;/h7-28,31H,1-6H3;/q-3;. The summed E-state index contributed by atoms with van der Waals surface area (Å²) in [6, 6.07) is 46.7. The van der Waals surface area contributed by atoms with Gasteiger partial charge in [0.25, 0.3) is 0 Å². The van der Waals surface area contributed by atoms with Crippen molar-refractivity contribution in [3.8, 4) is 28.7 Å². The molecule has 0 fully saturated rings. The van der Waals surface area contributed by atoms with Crippen molar-refractivity contribution in [3.63, 3.8) is 0 Å². The van der Waals surface area contributed by atoms with Crippen LogP contribution in [0, 0.1) is 18.8 Å². The largest absolute Gasteiger partial charge is 0.509 e. The monoisotopic (exact) mass is 912 g/mol. The maximum atomic E-state index is 6.57. The molecule has 1 aliphatic heterocycles. The van der Waals surface area contributed by atoms with Gasteiger partial charge in [0.2, 0.25) is 0 Å². The zero-order valence-electron chi connectivity index (χ0n) is 32.2. The van der Waals surface area contributed by atoms with Gasteiger partial charge in [-0.3, -0.25) is 0 Å². The van der Waals surface area contributed by atoms with Crippen LogP contribution in [0.25, 0.3) is 39.0 Å². The zero-order valence-corrected chi connectivity index (χ0v) is 34.5. The second-order valence-electron chi connectivity index (χ2n) is 16.0. The smallest absolute Gasteiger partial charge is 0.161 e. The van der Waals surface area contributed by atoms with Crippen molar-refractivity contribution >= 4 is 44.6 Å². The molecular weight excluding hydrogens is 872 g/mol. The van der Waals surface area contributed by atoms with Crippen molar-refractivity contribution in [2.24, 2.45) is 0 Å². The molecule has 0 bridgehead atoms. The number of hydrogen-bond acceptors (Lipinski definition) is 6. The molecule has 0 saturated carbocycles. The number of benzene rings is 5. The summed E-state index contributed by atoms with van der Waals surface area (Å²) in [5.74, 6) is 2.70. The van der Waals surface area contributed by atoms with Gasteiger partial charge in [-0.25, -0.2) is 15.0 Å². The van der Waals surface area contributed by atoms with Crippen molar-refractivity contribution in [3.05, 3.63) is 164 Å². The molecule has 0 N–H and O–H groups in total. The van der Waals surface area contributed by atoms with Gasteiger partial charge in [0, 0.05) is 79.3 Å². The Morgan fingerprint density at radius 2 is 1.27 bits per heavy atom. The average molecular weight is 913 g/mol. The molecule has 9 rings (SSSR count). The Labute approximate surface area is 342 Å². The van der Waals surface area contributed by atoms with Gasteiger partial charge in [-0.2, -0.15) is 12.1 Å². The molecule has 0 saturated heterocycles. The Morgan fingerprint density at radius 1 is 0.571 bits per heavy atom. The van der Waals surface area contributed by atoms with E-state index in [2.05, 4.69) is 176 Å². The Morgan fingerprint density at radius 3 is 2.04 bits per heavy atom. The van der Waals surface area contributed by atoms with Gasteiger partial charge >= 0.3 is 0 Å². The summed E-state index contributed by atoms with van der Waals surface area (Å²) < 4.78 is 8.75. The van der Waals surface area contributed by atoms with E-state index in [0.717, 1.165) is 55.9 Å². The zero-order chi connectivity index (χ0) is 37.9. The first-order chi connectivity index (χ1) is 26.5. The molecule has 0 atom stereocenters. The summed E-state index contributed by atoms with van der Waals surface area (Å²) in [6.45, 7) is 15.5. The molecule has 5 aromatic carbocycles. The number of aromatic nitrogens is 4. The molecule has 4 heterocycles. The van der Waals surface area contributed by atoms with Gasteiger partial charge in [-0.1, -0.05) is 83.5 Å². The third kappa shape index (κ3) is 6.75. The predicted octanol–water partition coefficient (Wildman–Crippen LogP) is 12.0. The number of nitrogens with zero attached hydrogens (tertiary/aromatic N) is 6. The second kappa shape index (κ2) is 14.4. The Kier molecular flexibility index (Phi) is 9.54. The number of anilines is 4. The molecule has 56 heavy (non-hydrogen) atoms. The van der Waals surface area contributed by atoms with E-state index in [4.69, 9.17) is 9.72 Å². The van der Waals surface area contributed by atoms with Crippen molar-refractivity contribution in [2.45, 2.75) is 52.4 Å². The van der Waals surface area contributed by atoms with Crippen molar-refractivity contribution in [1.29, 1.82) is 0 Å². The minimum atomic E-state index is -0.0510. The van der Waals surface area contributed by atoms with Crippen LogP contribution in [0.1, 0.15) is 52.7 Å². The molecule has 8 aromatic rings.